The highest BCUT2D eigenvalue weighted by molar-refractivity contribution is 8.00. The summed E-state index contributed by atoms with van der Waals surface area (Å²) in [4.78, 5) is 15.7. The van der Waals surface area contributed by atoms with Crippen LogP contribution in [0.2, 0.25) is 0 Å². The van der Waals surface area contributed by atoms with Crippen LogP contribution in [0.25, 0.3) is 0 Å². The second-order valence-corrected chi connectivity index (χ2v) is 7.71. The number of anilines is 1. The highest BCUT2D eigenvalue weighted by atomic mass is 32.2. The molecule has 1 aliphatic heterocycles. The molecule has 6 heteroatoms. The predicted octanol–water partition coefficient (Wildman–Crippen LogP) is 2.92. The van der Waals surface area contributed by atoms with E-state index in [0.717, 1.165) is 25.9 Å². The maximum Gasteiger partial charge on any atom is 0.239 e. The van der Waals surface area contributed by atoms with Crippen LogP contribution < -0.4 is 5.32 Å². The number of thioether (sulfide) groups is 1. The van der Waals surface area contributed by atoms with E-state index in [-0.39, 0.29) is 5.91 Å². The van der Waals surface area contributed by atoms with Crippen molar-refractivity contribution >= 4 is 23.5 Å². The lowest BCUT2D eigenvalue weighted by Gasteiger charge is -2.31. The van der Waals surface area contributed by atoms with Crippen LogP contribution in [-0.4, -0.2) is 45.5 Å². The number of rotatable bonds is 5. The van der Waals surface area contributed by atoms with Crippen molar-refractivity contribution in [1.82, 2.24) is 14.7 Å². The molecule has 1 aromatic carbocycles. The summed E-state index contributed by atoms with van der Waals surface area (Å²) in [5.41, 5.74) is 1.31. The smallest absolute Gasteiger partial charge is 0.239 e. The normalized spacial score (nSPS) is 16.2. The van der Waals surface area contributed by atoms with E-state index >= 15 is 0 Å². The van der Waals surface area contributed by atoms with Crippen molar-refractivity contribution < 1.29 is 4.79 Å². The second-order valence-electron chi connectivity index (χ2n) is 6.33. The molecule has 1 N–H and O–H groups in total. The molecule has 1 aliphatic rings. The molecular formula is C18H24N4OS. The Labute approximate surface area is 147 Å². The fourth-order valence-electron chi connectivity index (χ4n) is 2.93. The number of hydrogen-bond acceptors (Lipinski definition) is 4. The summed E-state index contributed by atoms with van der Waals surface area (Å²) in [5.74, 6) is 0.630. The average molecular weight is 344 g/mol. The van der Waals surface area contributed by atoms with Crippen LogP contribution in [0.4, 0.5) is 5.82 Å². The monoisotopic (exact) mass is 344 g/mol. The number of carbonyl (C=O) groups is 1. The van der Waals surface area contributed by atoms with E-state index < -0.39 is 0 Å². The molecule has 3 rings (SSSR count). The Morgan fingerprint density at radius 3 is 2.79 bits per heavy atom. The third-order valence-corrected chi connectivity index (χ3v) is 5.51. The van der Waals surface area contributed by atoms with Crippen molar-refractivity contribution in [2.75, 3.05) is 25.0 Å². The summed E-state index contributed by atoms with van der Waals surface area (Å²) in [7, 11) is 1.84. The van der Waals surface area contributed by atoms with Crippen molar-refractivity contribution in [2.45, 2.75) is 29.9 Å². The Balaban J connectivity index is 1.42. The first-order valence-corrected chi connectivity index (χ1v) is 9.21. The molecule has 1 fully saturated rings. The van der Waals surface area contributed by atoms with Gasteiger partial charge < -0.3 is 5.32 Å². The van der Waals surface area contributed by atoms with Gasteiger partial charge in [-0.3, -0.25) is 14.4 Å². The molecular weight excluding hydrogens is 320 g/mol. The van der Waals surface area contributed by atoms with Gasteiger partial charge >= 0.3 is 0 Å². The molecule has 0 spiro atoms. The molecule has 5 nitrogen and oxygen atoms in total. The number of nitrogens with one attached hydrogen (secondary N) is 1. The molecule has 24 heavy (non-hydrogen) atoms. The van der Waals surface area contributed by atoms with Gasteiger partial charge in [0.15, 0.2) is 5.82 Å². The number of amides is 1. The first-order chi connectivity index (χ1) is 11.6. The minimum absolute atomic E-state index is 0.0125. The lowest BCUT2D eigenvalue weighted by atomic mass is 10.1. The Morgan fingerprint density at radius 1 is 1.33 bits per heavy atom. The Hall–Kier alpha value is -1.79. The van der Waals surface area contributed by atoms with Crippen LogP contribution >= 0.6 is 11.8 Å². The average Bonchev–Trinajstić information content (AvgIpc) is 2.94. The molecule has 1 aromatic heterocycles. The topological polar surface area (TPSA) is 50.2 Å². The standard InChI is InChI=1S/C18H24N4OS/c1-14-4-3-5-16(12-14)24-15-6-10-22(11-7-15)13-18(23)19-17-8-9-21(2)20-17/h3-5,8-9,12,15H,6-7,10-11,13H2,1-2H3,(H,19,20,23). The first-order valence-electron chi connectivity index (χ1n) is 8.34. The summed E-state index contributed by atoms with van der Waals surface area (Å²) < 4.78 is 1.68. The Bertz CT molecular complexity index is 692. The van der Waals surface area contributed by atoms with Gasteiger partial charge in [-0.05, 0) is 45.0 Å². The third-order valence-electron chi connectivity index (χ3n) is 4.18. The van der Waals surface area contributed by atoms with Gasteiger partial charge in [-0.1, -0.05) is 17.7 Å². The third kappa shape index (κ3) is 4.85. The fraction of sp³-hybridized carbons (Fsp3) is 0.444. The molecule has 2 heterocycles. The van der Waals surface area contributed by atoms with Gasteiger partial charge in [0.1, 0.15) is 0 Å². The van der Waals surface area contributed by atoms with Gasteiger partial charge in [0.2, 0.25) is 5.91 Å². The van der Waals surface area contributed by atoms with Crippen LogP contribution in [-0.2, 0) is 11.8 Å². The first kappa shape index (κ1) is 17.0. The molecule has 0 radical (unpaired) electrons. The number of carbonyl (C=O) groups excluding carboxylic acids is 1. The number of aromatic nitrogens is 2. The summed E-state index contributed by atoms with van der Waals surface area (Å²) in [6.45, 7) is 4.52. The van der Waals surface area contributed by atoms with Crippen molar-refractivity contribution in [3.05, 3.63) is 42.1 Å². The van der Waals surface area contributed by atoms with E-state index in [9.17, 15) is 4.79 Å². The summed E-state index contributed by atoms with van der Waals surface area (Å²) in [5, 5.41) is 7.66. The SMILES string of the molecule is Cc1cccc(SC2CCN(CC(=O)Nc3ccn(C)n3)CC2)c1. The summed E-state index contributed by atoms with van der Waals surface area (Å²) in [6, 6.07) is 10.5. The van der Waals surface area contributed by atoms with Gasteiger partial charge in [0.25, 0.3) is 0 Å². The van der Waals surface area contributed by atoms with E-state index in [4.69, 9.17) is 0 Å². The van der Waals surface area contributed by atoms with Crippen LogP contribution in [0.3, 0.4) is 0 Å². The molecule has 0 saturated carbocycles. The maximum absolute atomic E-state index is 12.1. The van der Waals surface area contributed by atoms with Crippen molar-refractivity contribution in [3.8, 4) is 0 Å². The van der Waals surface area contributed by atoms with Gasteiger partial charge in [0.05, 0.1) is 6.54 Å². The minimum atomic E-state index is 0.0125. The molecule has 128 valence electrons. The molecule has 0 unspecified atom stereocenters. The van der Waals surface area contributed by atoms with E-state index in [1.807, 2.05) is 31.1 Å². The largest absolute Gasteiger partial charge is 0.308 e. The van der Waals surface area contributed by atoms with Crippen molar-refractivity contribution in [1.29, 1.82) is 0 Å². The summed E-state index contributed by atoms with van der Waals surface area (Å²) >= 11 is 1.97. The zero-order chi connectivity index (χ0) is 16.9. The van der Waals surface area contributed by atoms with Gasteiger partial charge in [-0.2, -0.15) is 5.10 Å². The number of nitrogens with zero attached hydrogens (tertiary/aromatic N) is 3. The van der Waals surface area contributed by atoms with Crippen LogP contribution in [0, 0.1) is 6.92 Å². The summed E-state index contributed by atoms with van der Waals surface area (Å²) in [6.07, 6.45) is 4.06. The van der Waals surface area contributed by atoms with Crippen molar-refractivity contribution in [2.24, 2.45) is 7.05 Å². The van der Waals surface area contributed by atoms with Crippen LogP contribution in [0.5, 0.6) is 0 Å². The predicted molar refractivity (Wildman–Crippen MR) is 98.3 cm³/mol. The molecule has 1 saturated heterocycles. The zero-order valence-corrected chi connectivity index (χ0v) is 15.1. The molecule has 0 bridgehead atoms. The Kier molecular flexibility index (Phi) is 5.58. The quantitative estimate of drug-likeness (QED) is 0.906. The maximum atomic E-state index is 12.1. The number of piperidine rings is 1. The zero-order valence-electron chi connectivity index (χ0n) is 14.2. The van der Waals surface area contributed by atoms with E-state index in [2.05, 4.69) is 46.5 Å². The van der Waals surface area contributed by atoms with Gasteiger partial charge in [0, 0.05) is 29.5 Å². The van der Waals surface area contributed by atoms with Crippen LogP contribution in [0.15, 0.2) is 41.4 Å². The highest BCUT2D eigenvalue weighted by Crippen LogP contribution is 2.30. The molecule has 0 atom stereocenters. The minimum Gasteiger partial charge on any atom is -0.308 e. The van der Waals surface area contributed by atoms with E-state index in [1.165, 1.54) is 10.5 Å². The molecule has 1 amide bonds. The Morgan fingerprint density at radius 2 is 2.12 bits per heavy atom. The van der Waals surface area contributed by atoms with Crippen molar-refractivity contribution in [3.63, 3.8) is 0 Å². The lowest BCUT2D eigenvalue weighted by molar-refractivity contribution is -0.117. The fourth-order valence-corrected chi connectivity index (χ4v) is 4.18. The van der Waals surface area contributed by atoms with Gasteiger partial charge in [-0.25, -0.2) is 0 Å². The number of likely N-dealkylation sites (tertiary alicyclic amines) is 1. The lowest BCUT2D eigenvalue weighted by Crippen LogP contribution is -2.40. The molecule has 0 aliphatic carbocycles. The second kappa shape index (κ2) is 7.85. The number of aryl methyl sites for hydroxylation is 2. The van der Waals surface area contributed by atoms with Crippen LogP contribution in [0.1, 0.15) is 18.4 Å². The van der Waals surface area contributed by atoms with E-state index in [0.29, 0.717) is 17.6 Å². The highest BCUT2D eigenvalue weighted by Gasteiger charge is 2.21. The van der Waals surface area contributed by atoms with E-state index in [1.54, 1.807) is 4.68 Å². The molecule has 2 aromatic rings. The number of benzene rings is 1. The van der Waals surface area contributed by atoms with Gasteiger partial charge in [-0.15, -0.1) is 11.8 Å². The number of hydrogen-bond donors (Lipinski definition) is 1.